The minimum Gasteiger partial charge on any atom is -0.311 e. The molecule has 0 saturated carbocycles. The van der Waals surface area contributed by atoms with Crippen LogP contribution in [-0.2, 0) is 0 Å². The molecule has 0 aromatic heterocycles. The highest BCUT2D eigenvalue weighted by molar-refractivity contribution is 4.86. The van der Waals surface area contributed by atoms with Gasteiger partial charge in [0, 0.05) is 25.8 Å². The first-order valence-corrected chi connectivity index (χ1v) is 4.86. The molecule has 0 aliphatic carbocycles. The standard InChI is InChI=1S/C10H20N2/c1-10(2)12-9-7-5-4-6-8-11(12)3/h1,4-9H2,2-3H3. The Kier molecular flexibility index (Phi) is 3.60. The zero-order valence-corrected chi connectivity index (χ0v) is 8.34. The van der Waals surface area contributed by atoms with Crippen molar-refractivity contribution in [3.8, 4) is 0 Å². The molecule has 1 aliphatic rings. The van der Waals surface area contributed by atoms with E-state index in [9.17, 15) is 0 Å². The van der Waals surface area contributed by atoms with Crippen LogP contribution in [0, 0.1) is 0 Å². The molecule has 0 atom stereocenters. The smallest absolute Gasteiger partial charge is 0.0342 e. The fourth-order valence-corrected chi connectivity index (χ4v) is 1.73. The van der Waals surface area contributed by atoms with Gasteiger partial charge in [-0.25, -0.2) is 5.01 Å². The second kappa shape index (κ2) is 4.51. The van der Waals surface area contributed by atoms with Gasteiger partial charge in [-0.05, 0) is 19.8 Å². The van der Waals surface area contributed by atoms with Crippen molar-refractivity contribution < 1.29 is 0 Å². The van der Waals surface area contributed by atoms with Crippen molar-refractivity contribution in [3.05, 3.63) is 12.3 Å². The highest BCUT2D eigenvalue weighted by Gasteiger charge is 2.11. The summed E-state index contributed by atoms with van der Waals surface area (Å²) in [5.41, 5.74) is 1.17. The summed E-state index contributed by atoms with van der Waals surface area (Å²) >= 11 is 0. The molecule has 0 unspecified atom stereocenters. The average Bonchev–Trinajstić information content (AvgIpc) is 1.96. The van der Waals surface area contributed by atoms with Crippen molar-refractivity contribution in [1.29, 1.82) is 0 Å². The number of hydrogen-bond donors (Lipinski definition) is 0. The number of nitrogens with zero attached hydrogens (tertiary/aromatic N) is 2. The first-order chi connectivity index (χ1) is 5.72. The molecule has 2 heteroatoms. The third-order valence-corrected chi connectivity index (χ3v) is 2.45. The summed E-state index contributed by atoms with van der Waals surface area (Å²) in [7, 11) is 2.15. The maximum atomic E-state index is 3.99. The van der Waals surface area contributed by atoms with Crippen molar-refractivity contribution in [1.82, 2.24) is 10.0 Å². The van der Waals surface area contributed by atoms with Crippen molar-refractivity contribution in [2.75, 3.05) is 20.1 Å². The molecule has 0 amide bonds. The van der Waals surface area contributed by atoms with Crippen LogP contribution in [0.4, 0.5) is 0 Å². The van der Waals surface area contributed by atoms with E-state index in [4.69, 9.17) is 0 Å². The minimum atomic E-state index is 1.14. The SMILES string of the molecule is C=C(C)N1CCCCCCN1C. The summed E-state index contributed by atoms with van der Waals surface area (Å²) in [6.45, 7) is 8.39. The Bertz CT molecular complexity index is 154. The monoisotopic (exact) mass is 168 g/mol. The molecular formula is C10H20N2. The molecule has 0 radical (unpaired) electrons. The molecular weight excluding hydrogens is 148 g/mol. The fourth-order valence-electron chi connectivity index (χ4n) is 1.73. The van der Waals surface area contributed by atoms with E-state index >= 15 is 0 Å². The number of rotatable bonds is 1. The summed E-state index contributed by atoms with van der Waals surface area (Å²) < 4.78 is 0. The largest absolute Gasteiger partial charge is 0.311 e. The predicted octanol–water partition coefficient (Wildman–Crippen LogP) is 2.24. The summed E-state index contributed by atoms with van der Waals surface area (Å²) in [5, 5.41) is 4.58. The van der Waals surface area contributed by atoms with Gasteiger partial charge in [0.25, 0.3) is 0 Å². The molecule has 0 N–H and O–H groups in total. The van der Waals surface area contributed by atoms with Crippen LogP contribution in [0.15, 0.2) is 12.3 Å². The van der Waals surface area contributed by atoms with E-state index in [1.165, 1.54) is 37.9 Å². The van der Waals surface area contributed by atoms with Gasteiger partial charge >= 0.3 is 0 Å². The van der Waals surface area contributed by atoms with E-state index in [1.54, 1.807) is 0 Å². The second-order valence-corrected chi connectivity index (χ2v) is 3.65. The van der Waals surface area contributed by atoms with Crippen LogP contribution in [-0.4, -0.2) is 30.2 Å². The summed E-state index contributed by atoms with van der Waals surface area (Å²) in [4.78, 5) is 0. The van der Waals surface area contributed by atoms with Crippen LogP contribution in [0.25, 0.3) is 0 Å². The lowest BCUT2D eigenvalue weighted by molar-refractivity contribution is 0.0264. The van der Waals surface area contributed by atoms with Crippen LogP contribution in [0.5, 0.6) is 0 Å². The van der Waals surface area contributed by atoms with Gasteiger partial charge in [0.05, 0.1) is 0 Å². The van der Waals surface area contributed by atoms with Gasteiger partial charge in [-0.15, -0.1) is 0 Å². The first-order valence-electron chi connectivity index (χ1n) is 4.86. The van der Waals surface area contributed by atoms with Crippen molar-refractivity contribution in [3.63, 3.8) is 0 Å². The van der Waals surface area contributed by atoms with Crippen molar-refractivity contribution >= 4 is 0 Å². The summed E-state index contributed by atoms with van der Waals surface area (Å²) in [6.07, 6.45) is 5.38. The lowest BCUT2D eigenvalue weighted by Crippen LogP contribution is -2.40. The molecule has 1 heterocycles. The van der Waals surface area contributed by atoms with Gasteiger partial charge in [-0.1, -0.05) is 19.4 Å². The molecule has 1 saturated heterocycles. The van der Waals surface area contributed by atoms with Crippen LogP contribution in [0.1, 0.15) is 32.6 Å². The fraction of sp³-hybridized carbons (Fsp3) is 0.800. The molecule has 0 spiro atoms. The summed E-state index contributed by atoms with van der Waals surface area (Å²) in [6, 6.07) is 0. The van der Waals surface area contributed by atoms with E-state index in [0.29, 0.717) is 0 Å². The van der Waals surface area contributed by atoms with Gasteiger partial charge in [0.1, 0.15) is 0 Å². The van der Waals surface area contributed by atoms with E-state index in [2.05, 4.69) is 30.6 Å². The minimum absolute atomic E-state index is 1.14. The Balaban J connectivity index is 2.48. The topological polar surface area (TPSA) is 6.48 Å². The maximum absolute atomic E-state index is 3.99. The van der Waals surface area contributed by atoms with Crippen molar-refractivity contribution in [2.45, 2.75) is 32.6 Å². The third-order valence-electron chi connectivity index (χ3n) is 2.45. The molecule has 70 valence electrons. The highest BCUT2D eigenvalue weighted by atomic mass is 15.6. The summed E-state index contributed by atoms with van der Waals surface area (Å²) in [5.74, 6) is 0. The Labute approximate surface area is 75.8 Å². The quantitative estimate of drug-likeness (QED) is 0.592. The Morgan fingerprint density at radius 2 is 1.67 bits per heavy atom. The van der Waals surface area contributed by atoms with E-state index in [1.807, 2.05) is 0 Å². The molecule has 0 aromatic carbocycles. The van der Waals surface area contributed by atoms with E-state index < -0.39 is 0 Å². The zero-order valence-electron chi connectivity index (χ0n) is 8.34. The lowest BCUT2D eigenvalue weighted by Gasteiger charge is -2.35. The lowest BCUT2D eigenvalue weighted by atomic mass is 10.1. The first kappa shape index (κ1) is 9.59. The van der Waals surface area contributed by atoms with Gasteiger partial charge in [0.2, 0.25) is 0 Å². The number of allylic oxidation sites excluding steroid dienone is 1. The normalized spacial score (nSPS) is 21.7. The number of hydrogen-bond acceptors (Lipinski definition) is 2. The van der Waals surface area contributed by atoms with Gasteiger partial charge < -0.3 is 5.01 Å². The van der Waals surface area contributed by atoms with Crippen LogP contribution >= 0.6 is 0 Å². The van der Waals surface area contributed by atoms with E-state index in [-0.39, 0.29) is 0 Å². The Hall–Kier alpha value is -0.500. The van der Waals surface area contributed by atoms with Gasteiger partial charge in [-0.2, -0.15) is 0 Å². The van der Waals surface area contributed by atoms with Crippen LogP contribution in [0.3, 0.4) is 0 Å². The zero-order chi connectivity index (χ0) is 8.97. The number of hydrazine groups is 1. The average molecular weight is 168 g/mol. The van der Waals surface area contributed by atoms with Gasteiger partial charge in [-0.3, -0.25) is 0 Å². The maximum Gasteiger partial charge on any atom is 0.0342 e. The van der Waals surface area contributed by atoms with Gasteiger partial charge in [0.15, 0.2) is 0 Å². The molecule has 2 nitrogen and oxygen atoms in total. The van der Waals surface area contributed by atoms with Crippen LogP contribution < -0.4 is 0 Å². The second-order valence-electron chi connectivity index (χ2n) is 3.65. The van der Waals surface area contributed by atoms with Crippen molar-refractivity contribution in [2.24, 2.45) is 0 Å². The molecule has 1 fully saturated rings. The molecule has 12 heavy (non-hydrogen) atoms. The van der Waals surface area contributed by atoms with E-state index in [0.717, 1.165) is 6.54 Å². The molecule has 1 aliphatic heterocycles. The molecule has 0 aromatic rings. The van der Waals surface area contributed by atoms with Crippen LogP contribution in [0.2, 0.25) is 0 Å². The molecule has 1 rings (SSSR count). The predicted molar refractivity (Wildman–Crippen MR) is 52.6 cm³/mol. The highest BCUT2D eigenvalue weighted by Crippen LogP contribution is 2.13. The third kappa shape index (κ3) is 2.52. The Morgan fingerprint density at radius 1 is 1.08 bits per heavy atom. The molecule has 0 bridgehead atoms. The Morgan fingerprint density at radius 3 is 2.25 bits per heavy atom.